The molecular weight excluding hydrogens is 573 g/mol. The van der Waals surface area contributed by atoms with Crippen LogP contribution in [0.5, 0.6) is 0 Å². The quantitative estimate of drug-likeness (QED) is 0.208. The number of phosphoric ester groups is 1. The lowest BCUT2D eigenvalue weighted by atomic mass is 9.64. The summed E-state index contributed by atoms with van der Waals surface area (Å²) in [5, 5.41) is 38.2. The highest BCUT2D eigenvalue weighted by molar-refractivity contribution is 7.46. The van der Waals surface area contributed by atoms with Gasteiger partial charge in [0.05, 0.1) is 30.6 Å². The van der Waals surface area contributed by atoms with E-state index < -0.39 is 44.6 Å². The van der Waals surface area contributed by atoms with Crippen molar-refractivity contribution in [1.82, 2.24) is 26.2 Å². The molecule has 248 valence electrons. The molecule has 8 N–H and O–H groups in total. The van der Waals surface area contributed by atoms with Crippen LogP contribution in [0, 0.1) is 23.7 Å². The van der Waals surface area contributed by atoms with Crippen molar-refractivity contribution in [2.24, 2.45) is 23.7 Å². The molecule has 13 heteroatoms. The molecule has 2 aliphatic carbocycles. The van der Waals surface area contributed by atoms with Gasteiger partial charge in [-0.25, -0.2) is 9.46 Å². The van der Waals surface area contributed by atoms with E-state index in [0.717, 1.165) is 19.3 Å². The fraction of sp³-hybridized carbons (Fsp3) is 1.00. The number of fused-ring (bicyclic) bond motifs is 8. The number of nitrogens with zero attached hydrogens (tertiary/aromatic N) is 1. The number of rotatable bonds is 5. The number of phosphoric acid groups is 1. The molecule has 6 rings (SSSR count). The van der Waals surface area contributed by atoms with Crippen molar-refractivity contribution in [1.29, 1.82) is 0 Å². The van der Waals surface area contributed by atoms with Crippen molar-refractivity contribution in [3.63, 3.8) is 0 Å². The van der Waals surface area contributed by atoms with E-state index >= 15 is 0 Å². The van der Waals surface area contributed by atoms with Gasteiger partial charge < -0.3 is 30.1 Å². The maximum Gasteiger partial charge on any atom is 0.469 e. The van der Waals surface area contributed by atoms with Crippen LogP contribution in [0.25, 0.3) is 0 Å². The fourth-order valence-corrected chi connectivity index (χ4v) is 10.4. The third-order valence-corrected chi connectivity index (χ3v) is 12.4. The smallest absolute Gasteiger partial charge is 0.387 e. The molecule has 6 aliphatic rings. The highest BCUT2D eigenvalue weighted by Crippen LogP contribution is 2.53. The molecule has 6 fully saturated rings. The lowest BCUT2D eigenvalue weighted by molar-refractivity contribution is -0.184. The molecule has 4 bridgehead atoms. The van der Waals surface area contributed by atoms with Crippen LogP contribution in [0.3, 0.4) is 0 Å². The molecule has 4 heterocycles. The zero-order valence-electron chi connectivity index (χ0n) is 25.8. The Morgan fingerprint density at radius 1 is 0.907 bits per heavy atom. The summed E-state index contributed by atoms with van der Waals surface area (Å²) in [4.78, 5) is 21.1. The van der Waals surface area contributed by atoms with Crippen LogP contribution in [0.4, 0.5) is 0 Å². The van der Waals surface area contributed by atoms with Gasteiger partial charge in [0.15, 0.2) is 0 Å². The van der Waals surface area contributed by atoms with Crippen LogP contribution in [-0.4, -0.2) is 93.8 Å². The average molecular weight is 630 g/mol. The number of hydrogen-bond donors (Lipinski definition) is 8. The van der Waals surface area contributed by atoms with Crippen LogP contribution in [0.2, 0.25) is 0 Å². The molecule has 0 aromatic heterocycles. The van der Waals surface area contributed by atoms with Gasteiger partial charge in [0.2, 0.25) is 0 Å². The zero-order valence-corrected chi connectivity index (χ0v) is 26.7. The summed E-state index contributed by atoms with van der Waals surface area (Å²) in [6.45, 7) is 0.106. The Hall–Kier alpha value is -0.210. The minimum absolute atomic E-state index is 0.00994. The van der Waals surface area contributed by atoms with E-state index in [4.69, 9.17) is 9.26 Å². The first-order chi connectivity index (χ1) is 20.7. The summed E-state index contributed by atoms with van der Waals surface area (Å²) in [5.41, 5.74) is -0.560. The molecule has 12 nitrogen and oxygen atoms in total. The first kappa shape index (κ1) is 32.7. The average Bonchev–Trinajstić information content (AvgIpc) is 3.51. The summed E-state index contributed by atoms with van der Waals surface area (Å²) in [7, 11) is -2.77. The van der Waals surface area contributed by atoms with E-state index in [0.29, 0.717) is 30.3 Å². The Morgan fingerprint density at radius 2 is 1.56 bits per heavy atom. The normalized spacial score (nSPS) is 46.9. The monoisotopic (exact) mass is 629 g/mol. The summed E-state index contributed by atoms with van der Waals surface area (Å²) < 4.78 is 22.8. The molecule has 4 saturated heterocycles. The molecule has 43 heavy (non-hydrogen) atoms. The summed E-state index contributed by atoms with van der Waals surface area (Å²) in [6.07, 6.45) is 13.5. The lowest BCUT2D eigenvalue weighted by Crippen LogP contribution is -2.80. The largest absolute Gasteiger partial charge is 0.469 e. The zero-order chi connectivity index (χ0) is 30.2. The molecule has 0 aromatic carbocycles. The lowest BCUT2D eigenvalue weighted by Gasteiger charge is -2.58. The topological polar surface area (TPSA) is 168 Å². The Kier molecular flexibility index (Phi) is 10.6. The minimum Gasteiger partial charge on any atom is -0.387 e. The van der Waals surface area contributed by atoms with Crippen LogP contribution >= 0.6 is 7.82 Å². The first-order valence-corrected chi connectivity index (χ1v) is 18.7. The maximum absolute atomic E-state index is 11.7. The van der Waals surface area contributed by atoms with Gasteiger partial charge >= 0.3 is 7.82 Å². The predicted octanol–water partition coefficient (Wildman–Crippen LogP) is 1.89. The van der Waals surface area contributed by atoms with Crippen molar-refractivity contribution < 1.29 is 33.8 Å². The number of likely N-dealkylation sites (N-methyl/N-ethyl adjacent to an activating group) is 1. The number of aliphatic hydroxyl groups is 2. The SMILES string of the molecule is CNC1NCNC23C4CCCCCCCC4C4CCCCCC(CCC4)C(NC12)N3[C@@H]1O[C@H](COP(=O)(O)O)[C@@H](O)[C@H]1O. The Labute approximate surface area is 256 Å². The van der Waals surface area contributed by atoms with E-state index in [-0.39, 0.29) is 18.4 Å². The van der Waals surface area contributed by atoms with Crippen molar-refractivity contribution in [3.8, 4) is 0 Å². The molecule has 4 aliphatic heterocycles. The summed E-state index contributed by atoms with van der Waals surface area (Å²) in [6, 6.07) is -0.0233. The Bertz CT molecular complexity index is 977. The van der Waals surface area contributed by atoms with Gasteiger partial charge in [-0.15, -0.1) is 0 Å². The van der Waals surface area contributed by atoms with E-state index in [1.165, 1.54) is 77.0 Å². The predicted molar refractivity (Wildman–Crippen MR) is 161 cm³/mol. The van der Waals surface area contributed by atoms with E-state index in [1.54, 1.807) is 0 Å². The Balaban J connectivity index is 1.48. The second kappa shape index (κ2) is 13.9. The van der Waals surface area contributed by atoms with Gasteiger partial charge in [0.25, 0.3) is 0 Å². The third-order valence-electron chi connectivity index (χ3n) is 11.9. The number of hydrogen-bond acceptors (Lipinski definition) is 10. The number of ether oxygens (including phenoxy) is 1. The van der Waals surface area contributed by atoms with Gasteiger partial charge in [0.1, 0.15) is 24.5 Å². The molecule has 8 unspecified atom stereocenters. The molecular formula is C30H56N5O7P. The number of aliphatic hydroxyl groups excluding tert-OH is 2. The van der Waals surface area contributed by atoms with Crippen LogP contribution in [0.1, 0.15) is 96.3 Å². The van der Waals surface area contributed by atoms with Crippen molar-refractivity contribution >= 4 is 7.82 Å². The first-order valence-electron chi connectivity index (χ1n) is 17.2. The van der Waals surface area contributed by atoms with Crippen LogP contribution < -0.4 is 21.3 Å². The van der Waals surface area contributed by atoms with Crippen LogP contribution in [-0.2, 0) is 13.8 Å². The van der Waals surface area contributed by atoms with Crippen molar-refractivity contribution in [3.05, 3.63) is 0 Å². The van der Waals surface area contributed by atoms with Gasteiger partial charge in [-0.1, -0.05) is 70.6 Å². The molecule has 0 amide bonds. The molecule has 0 aromatic rings. The number of nitrogens with one attached hydrogen (secondary N) is 4. The van der Waals surface area contributed by atoms with Gasteiger partial charge in [-0.05, 0) is 56.4 Å². The minimum atomic E-state index is -4.77. The van der Waals surface area contributed by atoms with Gasteiger partial charge in [-0.3, -0.25) is 20.5 Å². The third kappa shape index (κ3) is 6.51. The van der Waals surface area contributed by atoms with E-state index in [9.17, 15) is 24.6 Å². The summed E-state index contributed by atoms with van der Waals surface area (Å²) in [5.74, 6) is 1.82. The standard InChI is InChI=1S/C30H56N5O7P/c1-31-27-26-30(33-18-32-27)22-16-9-4-2-3-8-15-21(22)19-11-6-5-7-12-20(14-10-13-19)28(34-26)35(30)29-25(37)24(36)23(42-29)17-41-43(38,39)40/h19-29,31-34,36-37H,2-18H2,1H3,(H2,38,39,40)/t19?,20?,21?,22?,23-,24-,25-,26?,27?,28?,29-,30?/m1/s1. The Morgan fingerprint density at radius 3 is 2.33 bits per heavy atom. The van der Waals surface area contributed by atoms with E-state index in [1.807, 2.05) is 7.05 Å². The molecule has 0 radical (unpaired) electrons. The highest BCUT2D eigenvalue weighted by atomic mass is 31.2. The fourth-order valence-electron chi connectivity index (χ4n) is 10.0. The second-order valence-corrected chi connectivity index (χ2v) is 15.4. The van der Waals surface area contributed by atoms with Gasteiger partial charge in [-0.2, -0.15) is 0 Å². The van der Waals surface area contributed by atoms with E-state index in [2.05, 4.69) is 26.2 Å². The second-order valence-electron chi connectivity index (χ2n) is 14.2. The van der Waals surface area contributed by atoms with Gasteiger partial charge in [0, 0.05) is 6.67 Å². The van der Waals surface area contributed by atoms with Crippen molar-refractivity contribution in [2.45, 2.75) is 145 Å². The molecule has 1 spiro atoms. The van der Waals surface area contributed by atoms with Crippen molar-refractivity contribution in [2.75, 3.05) is 20.3 Å². The summed E-state index contributed by atoms with van der Waals surface area (Å²) >= 11 is 0. The van der Waals surface area contributed by atoms with Crippen LogP contribution in [0.15, 0.2) is 0 Å². The molecule has 2 saturated carbocycles. The maximum atomic E-state index is 11.7. The highest BCUT2D eigenvalue weighted by Gasteiger charge is 2.67. The molecule has 12 atom stereocenters.